The van der Waals surface area contributed by atoms with Crippen molar-refractivity contribution in [1.82, 2.24) is 5.32 Å². The lowest BCUT2D eigenvalue weighted by Gasteiger charge is -2.30. The zero-order valence-corrected chi connectivity index (χ0v) is 15.6. The van der Waals surface area contributed by atoms with Gasteiger partial charge in [0, 0.05) is 6.42 Å². The molecule has 3 rings (SSSR count). The third kappa shape index (κ3) is 4.05. The lowest BCUT2D eigenvalue weighted by molar-refractivity contribution is -0.141. The molecule has 0 aromatic heterocycles. The number of nitrogens with zero attached hydrogens (tertiary/aromatic N) is 1. The molecule has 1 saturated heterocycles. The first-order valence-corrected chi connectivity index (χ1v) is 9.09. The van der Waals surface area contributed by atoms with Gasteiger partial charge in [-0.3, -0.25) is 14.4 Å². The second-order valence-corrected chi connectivity index (χ2v) is 7.27. The van der Waals surface area contributed by atoms with Gasteiger partial charge in [0.1, 0.15) is 16.7 Å². The number of amides is 2. The highest BCUT2D eigenvalue weighted by Crippen LogP contribution is 2.35. The number of esters is 1. The average Bonchev–Trinajstić information content (AvgIpc) is 2.95. The highest BCUT2D eigenvalue weighted by molar-refractivity contribution is 8.26. The summed E-state index contributed by atoms with van der Waals surface area (Å²) < 4.78 is 10.6. The van der Waals surface area contributed by atoms with Gasteiger partial charge in [-0.15, -0.1) is 0 Å². The fraction of sp³-hybridized carbons (Fsp3) is 0.294. The van der Waals surface area contributed by atoms with Gasteiger partial charge in [0.05, 0.1) is 30.7 Å². The van der Waals surface area contributed by atoms with Crippen LogP contribution in [0.15, 0.2) is 23.1 Å². The molecule has 7 nitrogen and oxygen atoms in total. The molecular formula is C17H16N2O5S2. The molecule has 1 fully saturated rings. The molecule has 2 amide bonds. The highest BCUT2D eigenvalue weighted by atomic mass is 32.2. The van der Waals surface area contributed by atoms with E-state index in [1.54, 1.807) is 23.1 Å². The van der Waals surface area contributed by atoms with Crippen LogP contribution < -0.4 is 15.0 Å². The fourth-order valence-corrected chi connectivity index (χ4v) is 3.65. The Bertz CT molecular complexity index is 821. The molecule has 0 radical (unpaired) electrons. The van der Waals surface area contributed by atoms with Crippen LogP contribution in [0, 0.1) is 0 Å². The SMILES string of the molecule is COC(=O)CCC(=O)N1CCOc2ccc(C=C3SC(=S)NC3=O)cc21. The average molecular weight is 392 g/mol. The third-order valence-corrected chi connectivity index (χ3v) is 5.02. The Kier molecular flexibility index (Phi) is 5.58. The Labute approximate surface area is 159 Å². The predicted molar refractivity (Wildman–Crippen MR) is 102 cm³/mol. The first-order chi connectivity index (χ1) is 12.5. The number of nitrogens with one attached hydrogen (secondary N) is 1. The second kappa shape index (κ2) is 7.88. The first-order valence-electron chi connectivity index (χ1n) is 7.87. The van der Waals surface area contributed by atoms with Gasteiger partial charge in [0.25, 0.3) is 5.91 Å². The Balaban J connectivity index is 1.83. The van der Waals surface area contributed by atoms with E-state index in [9.17, 15) is 14.4 Å². The van der Waals surface area contributed by atoms with E-state index in [1.165, 1.54) is 18.9 Å². The zero-order chi connectivity index (χ0) is 18.7. The maximum Gasteiger partial charge on any atom is 0.306 e. The van der Waals surface area contributed by atoms with Crippen molar-refractivity contribution in [3.8, 4) is 5.75 Å². The molecule has 0 atom stereocenters. The number of ether oxygens (including phenoxy) is 2. The van der Waals surface area contributed by atoms with E-state index in [0.29, 0.717) is 33.8 Å². The fourth-order valence-electron chi connectivity index (χ4n) is 2.60. The van der Waals surface area contributed by atoms with E-state index in [-0.39, 0.29) is 24.7 Å². The molecule has 1 N–H and O–H groups in total. The normalized spacial score (nSPS) is 17.6. The molecular weight excluding hydrogens is 376 g/mol. The summed E-state index contributed by atoms with van der Waals surface area (Å²) in [5.41, 5.74) is 1.37. The molecule has 0 saturated carbocycles. The number of hydrogen-bond donors (Lipinski definition) is 1. The Hall–Kier alpha value is -2.39. The van der Waals surface area contributed by atoms with E-state index in [4.69, 9.17) is 17.0 Å². The van der Waals surface area contributed by atoms with Gasteiger partial charge in [-0.1, -0.05) is 30.0 Å². The van der Waals surface area contributed by atoms with Crippen LogP contribution in [0.25, 0.3) is 6.08 Å². The zero-order valence-electron chi connectivity index (χ0n) is 13.9. The van der Waals surface area contributed by atoms with Crippen LogP contribution in [0.4, 0.5) is 5.69 Å². The molecule has 136 valence electrons. The summed E-state index contributed by atoms with van der Waals surface area (Å²) in [7, 11) is 1.29. The molecule has 0 bridgehead atoms. The van der Waals surface area contributed by atoms with Crippen LogP contribution in [-0.2, 0) is 19.1 Å². The molecule has 0 unspecified atom stereocenters. The van der Waals surface area contributed by atoms with Crippen LogP contribution >= 0.6 is 24.0 Å². The van der Waals surface area contributed by atoms with E-state index in [0.717, 1.165) is 5.56 Å². The standard InChI is InChI=1S/C17H16N2O5S2/c1-23-15(21)5-4-14(20)19-6-7-24-12-3-2-10(8-11(12)19)9-13-16(22)18-17(25)26-13/h2-3,8-9H,4-7H2,1H3,(H,18,22,25). The molecule has 0 aliphatic carbocycles. The maximum atomic E-state index is 12.5. The topological polar surface area (TPSA) is 84.9 Å². The lowest BCUT2D eigenvalue weighted by atomic mass is 10.1. The Morgan fingerprint density at radius 2 is 2.23 bits per heavy atom. The maximum absolute atomic E-state index is 12.5. The monoisotopic (exact) mass is 392 g/mol. The van der Waals surface area contributed by atoms with Gasteiger partial charge in [-0.2, -0.15) is 0 Å². The summed E-state index contributed by atoms with van der Waals surface area (Å²) in [5.74, 6) is -0.256. The van der Waals surface area contributed by atoms with Gasteiger partial charge < -0.3 is 19.7 Å². The van der Waals surface area contributed by atoms with Crippen LogP contribution in [0.5, 0.6) is 5.75 Å². The Morgan fingerprint density at radius 3 is 2.92 bits per heavy atom. The summed E-state index contributed by atoms with van der Waals surface area (Å²) >= 11 is 6.17. The largest absolute Gasteiger partial charge is 0.490 e. The van der Waals surface area contributed by atoms with Crippen molar-refractivity contribution < 1.29 is 23.9 Å². The van der Waals surface area contributed by atoms with Gasteiger partial charge in [0.15, 0.2) is 0 Å². The van der Waals surface area contributed by atoms with Crippen molar-refractivity contribution >= 4 is 57.8 Å². The molecule has 26 heavy (non-hydrogen) atoms. The quantitative estimate of drug-likeness (QED) is 0.476. The van der Waals surface area contributed by atoms with Gasteiger partial charge in [0.2, 0.25) is 5.91 Å². The molecule has 0 spiro atoms. The number of benzene rings is 1. The van der Waals surface area contributed by atoms with Crippen LogP contribution in [-0.4, -0.2) is 42.4 Å². The van der Waals surface area contributed by atoms with Crippen molar-refractivity contribution in [2.75, 3.05) is 25.2 Å². The number of thiocarbonyl (C=S) groups is 1. The molecule has 2 heterocycles. The number of fused-ring (bicyclic) bond motifs is 1. The lowest BCUT2D eigenvalue weighted by Crippen LogP contribution is -2.38. The number of thioether (sulfide) groups is 1. The molecule has 1 aromatic carbocycles. The Morgan fingerprint density at radius 1 is 1.42 bits per heavy atom. The van der Waals surface area contributed by atoms with Crippen molar-refractivity contribution in [1.29, 1.82) is 0 Å². The van der Waals surface area contributed by atoms with Crippen molar-refractivity contribution in [3.63, 3.8) is 0 Å². The number of carbonyl (C=O) groups excluding carboxylic acids is 3. The minimum Gasteiger partial charge on any atom is -0.490 e. The van der Waals surface area contributed by atoms with E-state index in [2.05, 4.69) is 10.1 Å². The number of carbonyl (C=O) groups is 3. The van der Waals surface area contributed by atoms with Crippen LogP contribution in [0.1, 0.15) is 18.4 Å². The predicted octanol–water partition coefficient (Wildman–Crippen LogP) is 1.85. The second-order valence-electron chi connectivity index (χ2n) is 5.55. The van der Waals surface area contributed by atoms with E-state index < -0.39 is 5.97 Å². The summed E-state index contributed by atoms with van der Waals surface area (Å²) in [6.07, 6.45) is 1.80. The number of methoxy groups -OCH3 is 1. The highest BCUT2D eigenvalue weighted by Gasteiger charge is 2.25. The first kappa shape index (κ1) is 18.4. The van der Waals surface area contributed by atoms with E-state index >= 15 is 0 Å². The smallest absolute Gasteiger partial charge is 0.306 e. The summed E-state index contributed by atoms with van der Waals surface area (Å²) in [6, 6.07) is 5.35. The van der Waals surface area contributed by atoms with Crippen molar-refractivity contribution in [2.24, 2.45) is 0 Å². The summed E-state index contributed by atoms with van der Waals surface area (Å²) in [5, 5.41) is 2.56. The summed E-state index contributed by atoms with van der Waals surface area (Å²) in [4.78, 5) is 37.7. The van der Waals surface area contributed by atoms with Crippen LogP contribution in [0.2, 0.25) is 0 Å². The number of anilines is 1. The van der Waals surface area contributed by atoms with E-state index in [1.807, 2.05) is 6.07 Å². The van der Waals surface area contributed by atoms with Gasteiger partial charge in [-0.05, 0) is 23.8 Å². The minimum absolute atomic E-state index is 0.0278. The third-order valence-electron chi connectivity index (χ3n) is 3.86. The van der Waals surface area contributed by atoms with Crippen LogP contribution in [0.3, 0.4) is 0 Å². The summed E-state index contributed by atoms with van der Waals surface area (Å²) in [6.45, 7) is 0.774. The van der Waals surface area contributed by atoms with Gasteiger partial charge >= 0.3 is 5.97 Å². The van der Waals surface area contributed by atoms with Crippen molar-refractivity contribution in [3.05, 3.63) is 28.7 Å². The minimum atomic E-state index is -0.425. The number of hydrogen-bond acceptors (Lipinski definition) is 7. The molecule has 2 aliphatic rings. The molecule has 1 aromatic rings. The molecule has 2 aliphatic heterocycles. The molecule has 9 heteroatoms. The van der Waals surface area contributed by atoms with Gasteiger partial charge in [-0.25, -0.2) is 0 Å². The van der Waals surface area contributed by atoms with Crippen molar-refractivity contribution in [2.45, 2.75) is 12.8 Å². The number of rotatable bonds is 4.